The summed E-state index contributed by atoms with van der Waals surface area (Å²) in [5.41, 5.74) is 2.14. The smallest absolute Gasteiger partial charge is 0.281 e. The van der Waals surface area contributed by atoms with Crippen LogP contribution in [0.25, 0.3) is 0 Å². The molecule has 0 spiro atoms. The van der Waals surface area contributed by atoms with Gasteiger partial charge < -0.3 is 5.32 Å². The first-order chi connectivity index (χ1) is 12.5. The number of rotatable bonds is 3. The highest BCUT2D eigenvalue weighted by Gasteiger charge is 2.29. The summed E-state index contributed by atoms with van der Waals surface area (Å²) in [7, 11) is 0. The van der Waals surface area contributed by atoms with Crippen LogP contribution >= 0.6 is 0 Å². The van der Waals surface area contributed by atoms with Crippen LogP contribution in [0.3, 0.4) is 0 Å². The number of carbonyl (C=O) groups excluding carboxylic acids is 2. The Balaban J connectivity index is 1.71. The van der Waals surface area contributed by atoms with Crippen molar-refractivity contribution in [3.63, 3.8) is 0 Å². The second-order valence-electron chi connectivity index (χ2n) is 6.35. The first-order valence-electron chi connectivity index (χ1n) is 8.37. The Kier molecular flexibility index (Phi) is 3.84. The first kappa shape index (κ1) is 16.1. The molecule has 26 heavy (non-hydrogen) atoms. The predicted molar refractivity (Wildman–Crippen MR) is 98.7 cm³/mol. The van der Waals surface area contributed by atoms with E-state index in [-0.39, 0.29) is 17.4 Å². The lowest BCUT2D eigenvalue weighted by molar-refractivity contribution is -0.113. The monoisotopic (exact) mass is 347 g/mol. The molecule has 1 fully saturated rings. The fourth-order valence-corrected chi connectivity index (χ4v) is 2.65. The molecule has 2 amide bonds. The van der Waals surface area contributed by atoms with Crippen LogP contribution in [0.1, 0.15) is 41.7 Å². The van der Waals surface area contributed by atoms with Crippen molar-refractivity contribution in [1.29, 1.82) is 0 Å². The Morgan fingerprint density at radius 1 is 1.23 bits per heavy atom. The molecule has 0 atom stereocenters. The van der Waals surface area contributed by atoms with Crippen molar-refractivity contribution in [3.05, 3.63) is 59.8 Å². The molecule has 0 bridgehead atoms. The van der Waals surface area contributed by atoms with Gasteiger partial charge in [0.1, 0.15) is 5.82 Å². The average Bonchev–Trinajstić information content (AvgIpc) is 3.41. The molecule has 1 aliphatic heterocycles. The van der Waals surface area contributed by atoms with Gasteiger partial charge in [0.15, 0.2) is 0 Å². The van der Waals surface area contributed by atoms with Crippen molar-refractivity contribution in [2.45, 2.75) is 25.7 Å². The van der Waals surface area contributed by atoms with E-state index in [1.165, 1.54) is 4.68 Å². The molecule has 7 nitrogen and oxygen atoms in total. The number of nitrogens with zero attached hydrogens (tertiary/aromatic N) is 4. The van der Waals surface area contributed by atoms with Crippen LogP contribution in [-0.2, 0) is 4.79 Å². The molecule has 0 saturated heterocycles. The van der Waals surface area contributed by atoms with Crippen molar-refractivity contribution in [1.82, 2.24) is 9.78 Å². The molecule has 1 saturated carbocycles. The lowest BCUT2D eigenvalue weighted by Crippen LogP contribution is -2.25. The van der Waals surface area contributed by atoms with E-state index in [9.17, 15) is 9.59 Å². The molecule has 7 heteroatoms. The van der Waals surface area contributed by atoms with E-state index in [4.69, 9.17) is 0 Å². The quantitative estimate of drug-likeness (QED) is 0.866. The molecule has 1 aromatic carbocycles. The second kappa shape index (κ2) is 6.18. The first-order valence-corrected chi connectivity index (χ1v) is 8.37. The van der Waals surface area contributed by atoms with Gasteiger partial charge in [0, 0.05) is 17.5 Å². The Morgan fingerprint density at radius 2 is 1.96 bits per heavy atom. The van der Waals surface area contributed by atoms with Gasteiger partial charge in [-0.25, -0.2) is 4.99 Å². The van der Waals surface area contributed by atoms with Gasteiger partial charge >= 0.3 is 0 Å². The standard InChI is InChI=1S/C19H17N5O2/c1-11-12(2)20-19(22-17(11)25)24-16(10-15(23-24)13-8-9-13)21-18(26)14-6-4-3-5-7-14/h3-7,10,13H,1,8-9H2,2H3,(H,21,26). The number of carbonyl (C=O) groups is 2. The van der Waals surface area contributed by atoms with Crippen molar-refractivity contribution in [2.24, 2.45) is 9.98 Å². The maximum Gasteiger partial charge on any atom is 0.281 e. The summed E-state index contributed by atoms with van der Waals surface area (Å²) >= 11 is 0. The molecule has 2 aromatic rings. The minimum atomic E-state index is -0.448. The number of aromatic nitrogens is 2. The van der Waals surface area contributed by atoms with E-state index in [0.29, 0.717) is 23.0 Å². The maximum absolute atomic E-state index is 12.5. The van der Waals surface area contributed by atoms with Gasteiger partial charge in [0.2, 0.25) is 0 Å². The SMILES string of the molecule is C=C1C(=O)N=C(n2nc(C3CC3)cc2NC(=O)c2ccccc2)N=C1C. The maximum atomic E-state index is 12.5. The fraction of sp³-hybridized carbons (Fsp3) is 0.211. The summed E-state index contributed by atoms with van der Waals surface area (Å²) in [6, 6.07) is 10.7. The van der Waals surface area contributed by atoms with Crippen molar-refractivity contribution in [2.75, 3.05) is 5.32 Å². The Hall–Kier alpha value is -3.35. The lowest BCUT2D eigenvalue weighted by atomic mass is 10.2. The van der Waals surface area contributed by atoms with E-state index in [1.807, 2.05) is 12.1 Å². The van der Waals surface area contributed by atoms with Crippen LogP contribution in [0.4, 0.5) is 5.82 Å². The molecule has 2 aliphatic rings. The third-order valence-corrected chi connectivity index (χ3v) is 4.36. The fourth-order valence-electron chi connectivity index (χ4n) is 2.65. The predicted octanol–water partition coefficient (Wildman–Crippen LogP) is 2.77. The molecular formula is C19H17N5O2. The van der Waals surface area contributed by atoms with Gasteiger partial charge in [-0.05, 0) is 31.9 Å². The van der Waals surface area contributed by atoms with E-state index in [2.05, 4.69) is 27.0 Å². The van der Waals surface area contributed by atoms with Crippen molar-refractivity contribution >= 4 is 29.3 Å². The number of anilines is 1. The molecular weight excluding hydrogens is 330 g/mol. The second-order valence-corrected chi connectivity index (χ2v) is 6.35. The molecule has 0 unspecified atom stereocenters. The summed E-state index contributed by atoms with van der Waals surface area (Å²) in [4.78, 5) is 32.8. The highest BCUT2D eigenvalue weighted by atomic mass is 16.2. The largest absolute Gasteiger partial charge is 0.306 e. The molecule has 1 aliphatic carbocycles. The highest BCUT2D eigenvalue weighted by molar-refractivity contribution is 6.28. The number of amides is 2. The molecule has 1 N–H and O–H groups in total. The molecule has 4 rings (SSSR count). The lowest BCUT2D eigenvalue weighted by Gasteiger charge is -2.12. The highest BCUT2D eigenvalue weighted by Crippen LogP contribution is 2.40. The van der Waals surface area contributed by atoms with Gasteiger partial charge in [-0.1, -0.05) is 24.8 Å². The molecule has 2 heterocycles. The van der Waals surface area contributed by atoms with Crippen LogP contribution < -0.4 is 5.32 Å². The van der Waals surface area contributed by atoms with Gasteiger partial charge in [-0.2, -0.15) is 14.8 Å². The summed E-state index contributed by atoms with van der Waals surface area (Å²) in [5.74, 6) is 0.244. The van der Waals surface area contributed by atoms with Crippen LogP contribution in [0.2, 0.25) is 0 Å². The van der Waals surface area contributed by atoms with E-state index in [0.717, 1.165) is 18.5 Å². The Labute approximate surface area is 150 Å². The van der Waals surface area contributed by atoms with Gasteiger partial charge in [-0.15, -0.1) is 0 Å². The zero-order valence-corrected chi connectivity index (χ0v) is 14.3. The topological polar surface area (TPSA) is 88.7 Å². The van der Waals surface area contributed by atoms with Gasteiger partial charge in [-0.3, -0.25) is 9.59 Å². The van der Waals surface area contributed by atoms with E-state index < -0.39 is 5.91 Å². The number of aliphatic imine (C=N–C) groups is 2. The number of benzene rings is 1. The third-order valence-electron chi connectivity index (χ3n) is 4.36. The van der Waals surface area contributed by atoms with Crippen LogP contribution in [-0.4, -0.2) is 33.3 Å². The molecule has 130 valence electrons. The van der Waals surface area contributed by atoms with Crippen LogP contribution in [0.15, 0.2) is 58.5 Å². The zero-order chi connectivity index (χ0) is 18.3. The minimum absolute atomic E-state index is 0.134. The van der Waals surface area contributed by atoms with Crippen molar-refractivity contribution in [3.8, 4) is 0 Å². The zero-order valence-electron chi connectivity index (χ0n) is 14.3. The summed E-state index contributed by atoms with van der Waals surface area (Å²) < 4.78 is 1.42. The van der Waals surface area contributed by atoms with Gasteiger partial charge in [0.05, 0.1) is 17.0 Å². The Bertz CT molecular complexity index is 981. The van der Waals surface area contributed by atoms with Crippen molar-refractivity contribution < 1.29 is 9.59 Å². The van der Waals surface area contributed by atoms with Gasteiger partial charge in [0.25, 0.3) is 17.8 Å². The summed E-state index contributed by atoms with van der Waals surface area (Å²) in [6.07, 6.45) is 2.13. The molecule has 0 radical (unpaired) electrons. The van der Waals surface area contributed by atoms with Crippen LogP contribution in [0.5, 0.6) is 0 Å². The van der Waals surface area contributed by atoms with Crippen LogP contribution in [0, 0.1) is 0 Å². The van der Waals surface area contributed by atoms with E-state index >= 15 is 0 Å². The van der Waals surface area contributed by atoms with E-state index in [1.54, 1.807) is 31.2 Å². The molecule has 1 aromatic heterocycles. The minimum Gasteiger partial charge on any atom is -0.306 e. The number of hydrogen-bond acceptors (Lipinski definition) is 4. The number of hydrogen-bond donors (Lipinski definition) is 1. The average molecular weight is 347 g/mol. The summed E-state index contributed by atoms with van der Waals surface area (Å²) in [5, 5.41) is 7.36. The summed E-state index contributed by atoms with van der Waals surface area (Å²) in [6.45, 7) is 5.37. The number of nitrogens with one attached hydrogen (secondary N) is 1. The normalized spacial score (nSPS) is 17.0. The Morgan fingerprint density at radius 3 is 2.62 bits per heavy atom. The third kappa shape index (κ3) is 2.99.